The fourth-order valence-corrected chi connectivity index (χ4v) is 2.68. The summed E-state index contributed by atoms with van der Waals surface area (Å²) in [5, 5.41) is 7.32. The molecule has 1 aromatic heterocycles. The first-order valence-electron chi connectivity index (χ1n) is 7.65. The van der Waals surface area contributed by atoms with Gasteiger partial charge in [-0.15, -0.1) is 0 Å². The lowest BCUT2D eigenvalue weighted by Crippen LogP contribution is -2.38. The SMILES string of the molecule is COC(COc1ccc(Cl)cc1)(Cc1ncn[nH]1)c1ccc(F)cc1. The molecule has 0 aliphatic heterocycles. The van der Waals surface area contributed by atoms with Gasteiger partial charge < -0.3 is 9.47 Å². The van der Waals surface area contributed by atoms with Gasteiger partial charge in [-0.05, 0) is 42.0 Å². The number of nitrogens with zero attached hydrogens (tertiary/aromatic N) is 2. The molecule has 1 atom stereocenters. The highest BCUT2D eigenvalue weighted by Crippen LogP contribution is 2.30. The standard InChI is InChI=1S/C18H17ClFN3O2/c1-24-18(10-17-21-12-22-23-17,13-2-6-15(20)7-3-13)11-25-16-8-4-14(19)5-9-16/h2-9,12H,10-11H2,1H3,(H,21,22,23). The van der Waals surface area contributed by atoms with Crippen molar-refractivity contribution in [1.29, 1.82) is 0 Å². The molecule has 3 rings (SSSR count). The number of nitrogens with one attached hydrogen (secondary N) is 1. The van der Waals surface area contributed by atoms with Gasteiger partial charge in [0.05, 0.1) is 0 Å². The molecule has 3 aromatic rings. The van der Waals surface area contributed by atoms with E-state index in [9.17, 15) is 4.39 Å². The van der Waals surface area contributed by atoms with Crippen molar-refractivity contribution < 1.29 is 13.9 Å². The molecule has 0 saturated heterocycles. The van der Waals surface area contributed by atoms with Gasteiger partial charge in [-0.25, -0.2) is 9.37 Å². The van der Waals surface area contributed by atoms with E-state index in [4.69, 9.17) is 21.1 Å². The smallest absolute Gasteiger partial charge is 0.137 e. The van der Waals surface area contributed by atoms with Crippen LogP contribution in [-0.4, -0.2) is 28.9 Å². The third-order valence-electron chi connectivity index (χ3n) is 3.96. The lowest BCUT2D eigenvalue weighted by atomic mass is 9.90. The monoisotopic (exact) mass is 361 g/mol. The average molecular weight is 362 g/mol. The van der Waals surface area contributed by atoms with Crippen LogP contribution < -0.4 is 4.74 Å². The summed E-state index contributed by atoms with van der Waals surface area (Å²) in [4.78, 5) is 4.16. The van der Waals surface area contributed by atoms with Crippen molar-refractivity contribution in [3.05, 3.63) is 77.1 Å². The summed E-state index contributed by atoms with van der Waals surface area (Å²) in [6.45, 7) is 0.206. The van der Waals surface area contributed by atoms with Gasteiger partial charge in [0.1, 0.15) is 35.9 Å². The number of H-pyrrole nitrogens is 1. The Balaban J connectivity index is 1.89. The number of hydrogen-bond acceptors (Lipinski definition) is 4. The van der Waals surface area contributed by atoms with Gasteiger partial charge >= 0.3 is 0 Å². The number of halogens is 2. The highest BCUT2D eigenvalue weighted by atomic mass is 35.5. The van der Waals surface area contributed by atoms with Crippen molar-refractivity contribution in [3.8, 4) is 5.75 Å². The molecule has 0 spiro atoms. The van der Waals surface area contributed by atoms with E-state index in [-0.39, 0.29) is 12.4 Å². The van der Waals surface area contributed by atoms with E-state index >= 15 is 0 Å². The van der Waals surface area contributed by atoms with Crippen LogP contribution in [0.5, 0.6) is 5.75 Å². The van der Waals surface area contributed by atoms with Crippen LogP contribution in [-0.2, 0) is 16.8 Å². The van der Waals surface area contributed by atoms with E-state index in [1.807, 2.05) is 0 Å². The molecule has 130 valence electrons. The van der Waals surface area contributed by atoms with Crippen LogP contribution in [0.1, 0.15) is 11.4 Å². The quantitative estimate of drug-likeness (QED) is 0.696. The zero-order valence-electron chi connectivity index (χ0n) is 13.6. The van der Waals surface area contributed by atoms with Crippen LogP contribution in [0, 0.1) is 5.82 Å². The van der Waals surface area contributed by atoms with Crippen LogP contribution in [0.3, 0.4) is 0 Å². The first kappa shape index (κ1) is 17.4. The van der Waals surface area contributed by atoms with E-state index < -0.39 is 5.60 Å². The average Bonchev–Trinajstić information content (AvgIpc) is 3.13. The summed E-state index contributed by atoms with van der Waals surface area (Å²) in [5.74, 6) is 0.989. The van der Waals surface area contributed by atoms with Crippen molar-refractivity contribution in [2.24, 2.45) is 0 Å². The van der Waals surface area contributed by atoms with E-state index in [0.29, 0.717) is 23.0 Å². The number of benzene rings is 2. The number of hydrogen-bond donors (Lipinski definition) is 1. The summed E-state index contributed by atoms with van der Waals surface area (Å²) in [6.07, 6.45) is 1.82. The van der Waals surface area contributed by atoms with Gasteiger partial charge in [0, 0.05) is 18.6 Å². The highest BCUT2D eigenvalue weighted by molar-refractivity contribution is 6.30. The predicted octanol–water partition coefficient (Wildman–Crippen LogP) is 3.76. The van der Waals surface area contributed by atoms with E-state index in [1.165, 1.54) is 18.5 Å². The zero-order chi connectivity index (χ0) is 17.7. The molecule has 1 unspecified atom stereocenters. The van der Waals surface area contributed by atoms with Gasteiger partial charge in [0.15, 0.2) is 0 Å². The number of aromatic amines is 1. The summed E-state index contributed by atoms with van der Waals surface area (Å²) in [7, 11) is 1.59. The molecule has 0 aliphatic carbocycles. The molecule has 0 amide bonds. The predicted molar refractivity (Wildman–Crippen MR) is 92.1 cm³/mol. The van der Waals surface area contributed by atoms with Crippen LogP contribution >= 0.6 is 11.6 Å². The summed E-state index contributed by atoms with van der Waals surface area (Å²) in [6, 6.07) is 13.2. The Labute approximate surface area is 149 Å². The lowest BCUT2D eigenvalue weighted by molar-refractivity contribution is -0.0506. The number of rotatable bonds is 7. The topological polar surface area (TPSA) is 60.0 Å². The molecule has 5 nitrogen and oxygen atoms in total. The van der Waals surface area contributed by atoms with Crippen LogP contribution in [0.25, 0.3) is 0 Å². The number of methoxy groups -OCH3 is 1. The third-order valence-corrected chi connectivity index (χ3v) is 4.22. The minimum absolute atomic E-state index is 0.206. The van der Waals surface area contributed by atoms with E-state index in [2.05, 4.69) is 15.2 Å². The van der Waals surface area contributed by atoms with Gasteiger partial charge in [0.25, 0.3) is 0 Å². The van der Waals surface area contributed by atoms with Crippen LogP contribution in [0.2, 0.25) is 5.02 Å². The van der Waals surface area contributed by atoms with Crippen molar-refractivity contribution >= 4 is 11.6 Å². The Hall–Kier alpha value is -2.44. The first-order chi connectivity index (χ1) is 12.1. The highest BCUT2D eigenvalue weighted by Gasteiger charge is 2.35. The minimum Gasteiger partial charge on any atom is -0.490 e. The van der Waals surface area contributed by atoms with Crippen molar-refractivity contribution in [1.82, 2.24) is 15.2 Å². The fraction of sp³-hybridized carbons (Fsp3) is 0.222. The molecule has 1 heterocycles. The minimum atomic E-state index is -0.854. The molecule has 0 aliphatic rings. The van der Waals surface area contributed by atoms with Crippen LogP contribution in [0.15, 0.2) is 54.9 Å². The second kappa shape index (κ2) is 7.63. The number of aromatic nitrogens is 3. The summed E-state index contributed by atoms with van der Waals surface area (Å²) >= 11 is 5.90. The van der Waals surface area contributed by atoms with E-state index in [0.717, 1.165) is 5.56 Å². The Morgan fingerprint density at radius 3 is 2.44 bits per heavy atom. The molecule has 0 fully saturated rings. The van der Waals surface area contributed by atoms with Crippen molar-refractivity contribution in [2.45, 2.75) is 12.0 Å². The maximum atomic E-state index is 13.3. The van der Waals surface area contributed by atoms with Gasteiger partial charge in [-0.3, -0.25) is 5.10 Å². The van der Waals surface area contributed by atoms with Crippen LogP contribution in [0.4, 0.5) is 4.39 Å². The number of ether oxygens (including phenoxy) is 2. The Kier molecular flexibility index (Phi) is 5.31. The molecule has 0 bridgehead atoms. The summed E-state index contributed by atoms with van der Waals surface area (Å²) in [5.41, 5.74) is -0.0749. The molecule has 2 aromatic carbocycles. The lowest BCUT2D eigenvalue weighted by Gasteiger charge is -2.32. The first-order valence-corrected chi connectivity index (χ1v) is 8.03. The van der Waals surface area contributed by atoms with Gasteiger partial charge in [-0.2, -0.15) is 5.10 Å². The van der Waals surface area contributed by atoms with E-state index in [1.54, 1.807) is 43.5 Å². The molecule has 7 heteroatoms. The summed E-state index contributed by atoms with van der Waals surface area (Å²) < 4.78 is 25.1. The second-order valence-electron chi connectivity index (χ2n) is 5.56. The van der Waals surface area contributed by atoms with Crippen molar-refractivity contribution in [2.75, 3.05) is 13.7 Å². The normalized spacial score (nSPS) is 13.4. The molecule has 0 radical (unpaired) electrons. The molecular weight excluding hydrogens is 345 g/mol. The molecular formula is C18H17ClFN3O2. The second-order valence-corrected chi connectivity index (χ2v) is 5.99. The maximum Gasteiger partial charge on any atom is 0.137 e. The zero-order valence-corrected chi connectivity index (χ0v) is 14.3. The van der Waals surface area contributed by atoms with Gasteiger partial charge in [-0.1, -0.05) is 23.7 Å². The fourth-order valence-electron chi connectivity index (χ4n) is 2.56. The Morgan fingerprint density at radius 2 is 1.84 bits per heavy atom. The Bertz CT molecular complexity index is 794. The van der Waals surface area contributed by atoms with Crippen molar-refractivity contribution in [3.63, 3.8) is 0 Å². The Morgan fingerprint density at radius 1 is 1.12 bits per heavy atom. The van der Waals surface area contributed by atoms with Gasteiger partial charge in [0.2, 0.25) is 0 Å². The maximum absolute atomic E-state index is 13.3. The largest absolute Gasteiger partial charge is 0.490 e. The molecule has 25 heavy (non-hydrogen) atoms. The third kappa shape index (κ3) is 4.15. The molecule has 1 N–H and O–H groups in total. The molecule has 0 saturated carbocycles.